The molecule has 0 aliphatic rings. The normalized spacial score (nSPS) is 13.4. The van der Waals surface area contributed by atoms with Gasteiger partial charge < -0.3 is 5.11 Å². The van der Waals surface area contributed by atoms with Crippen LogP contribution in [0.3, 0.4) is 0 Å². The minimum atomic E-state index is -3.90. The summed E-state index contributed by atoms with van der Waals surface area (Å²) in [5.74, 6) is 0.206. The monoisotopic (exact) mass is 316 g/mol. The lowest BCUT2D eigenvalue weighted by atomic mass is 10.1. The Morgan fingerprint density at radius 3 is 2.48 bits per heavy atom. The summed E-state index contributed by atoms with van der Waals surface area (Å²) >= 11 is 0. The third-order valence-corrected chi connectivity index (χ3v) is 4.50. The fraction of sp³-hybridized carbons (Fsp3) is 0.538. The SMILES string of the molecule is Cc1ccc(S(=O)(=O)NC(CO)CC(C)C)cc1[N+](=O)[O-]. The molecule has 0 saturated heterocycles. The van der Waals surface area contributed by atoms with Crippen LogP contribution in [0.15, 0.2) is 23.1 Å². The molecule has 1 atom stereocenters. The van der Waals surface area contributed by atoms with Crippen LogP contribution >= 0.6 is 0 Å². The lowest BCUT2D eigenvalue weighted by molar-refractivity contribution is -0.385. The van der Waals surface area contributed by atoms with Crippen molar-refractivity contribution in [3.8, 4) is 0 Å². The average Bonchev–Trinajstić information content (AvgIpc) is 2.36. The Labute approximate surface area is 124 Å². The van der Waals surface area contributed by atoms with Gasteiger partial charge in [0.2, 0.25) is 10.0 Å². The molecule has 7 nitrogen and oxygen atoms in total. The maximum atomic E-state index is 12.2. The van der Waals surface area contributed by atoms with Crippen molar-refractivity contribution >= 4 is 15.7 Å². The Hall–Kier alpha value is -1.51. The molecule has 0 heterocycles. The lowest BCUT2D eigenvalue weighted by Crippen LogP contribution is -2.38. The van der Waals surface area contributed by atoms with Crippen molar-refractivity contribution in [2.24, 2.45) is 5.92 Å². The Morgan fingerprint density at radius 2 is 2.00 bits per heavy atom. The van der Waals surface area contributed by atoms with Crippen molar-refractivity contribution in [3.05, 3.63) is 33.9 Å². The number of nitrogens with one attached hydrogen (secondary N) is 1. The molecule has 1 aromatic rings. The van der Waals surface area contributed by atoms with Crippen molar-refractivity contribution < 1.29 is 18.4 Å². The summed E-state index contributed by atoms with van der Waals surface area (Å²) in [4.78, 5) is 10.1. The average molecular weight is 316 g/mol. The Bertz CT molecular complexity index is 613. The van der Waals surface area contributed by atoms with Crippen LogP contribution in [-0.2, 0) is 10.0 Å². The molecule has 1 unspecified atom stereocenters. The fourth-order valence-corrected chi connectivity index (χ4v) is 3.23. The Kier molecular flexibility index (Phi) is 5.82. The third kappa shape index (κ3) is 4.76. The van der Waals surface area contributed by atoms with Gasteiger partial charge >= 0.3 is 0 Å². The first-order chi connectivity index (χ1) is 9.67. The van der Waals surface area contributed by atoms with Gasteiger partial charge in [0.05, 0.1) is 16.4 Å². The predicted octanol–water partition coefficient (Wildman–Crippen LogP) is 1.59. The van der Waals surface area contributed by atoms with Crippen molar-refractivity contribution in [1.29, 1.82) is 0 Å². The molecule has 0 spiro atoms. The van der Waals surface area contributed by atoms with Crippen molar-refractivity contribution in [2.45, 2.75) is 38.1 Å². The van der Waals surface area contributed by atoms with E-state index >= 15 is 0 Å². The zero-order valence-corrected chi connectivity index (χ0v) is 13.1. The number of nitro groups is 1. The van der Waals surface area contributed by atoms with Crippen molar-refractivity contribution in [1.82, 2.24) is 4.72 Å². The first kappa shape index (κ1) is 17.5. The molecule has 0 saturated carbocycles. The highest BCUT2D eigenvalue weighted by atomic mass is 32.2. The molecule has 118 valence electrons. The molecule has 21 heavy (non-hydrogen) atoms. The third-order valence-electron chi connectivity index (χ3n) is 2.99. The molecule has 0 aromatic heterocycles. The van der Waals surface area contributed by atoms with E-state index in [4.69, 9.17) is 0 Å². The van der Waals surface area contributed by atoms with Gasteiger partial charge in [0.15, 0.2) is 0 Å². The summed E-state index contributed by atoms with van der Waals surface area (Å²) in [6.07, 6.45) is 0.476. The number of nitrogens with zero attached hydrogens (tertiary/aromatic N) is 1. The zero-order chi connectivity index (χ0) is 16.2. The predicted molar refractivity (Wildman–Crippen MR) is 78.5 cm³/mol. The zero-order valence-electron chi connectivity index (χ0n) is 12.2. The lowest BCUT2D eigenvalue weighted by Gasteiger charge is -2.18. The molecule has 0 bridgehead atoms. The molecular weight excluding hydrogens is 296 g/mol. The second-order valence-electron chi connectivity index (χ2n) is 5.34. The summed E-state index contributed by atoms with van der Waals surface area (Å²) < 4.78 is 26.8. The van der Waals surface area contributed by atoms with Gasteiger partial charge in [-0.05, 0) is 25.3 Å². The fourth-order valence-electron chi connectivity index (χ4n) is 1.97. The first-order valence-corrected chi connectivity index (χ1v) is 8.04. The summed E-state index contributed by atoms with van der Waals surface area (Å²) in [5.41, 5.74) is 0.141. The molecule has 0 amide bonds. The summed E-state index contributed by atoms with van der Waals surface area (Å²) in [5, 5.41) is 20.1. The van der Waals surface area contributed by atoms with Crippen molar-refractivity contribution in [2.75, 3.05) is 6.61 Å². The quantitative estimate of drug-likeness (QED) is 0.586. The van der Waals surface area contributed by atoms with E-state index in [1.807, 2.05) is 13.8 Å². The number of nitro benzene ring substituents is 1. The van der Waals surface area contributed by atoms with Gasteiger partial charge in [-0.15, -0.1) is 0 Å². The van der Waals surface area contributed by atoms with Gasteiger partial charge in [-0.1, -0.05) is 19.9 Å². The van der Waals surface area contributed by atoms with E-state index in [-0.39, 0.29) is 23.1 Å². The van der Waals surface area contributed by atoms with Crippen LogP contribution in [0, 0.1) is 23.0 Å². The molecule has 1 rings (SSSR count). The standard InChI is InChI=1S/C13H20N2O5S/c1-9(2)6-11(8-16)14-21(19,20)12-5-4-10(3)13(7-12)15(17)18/h4-5,7,9,11,14,16H,6,8H2,1-3H3. The number of aliphatic hydroxyl groups excluding tert-OH is 1. The summed E-state index contributed by atoms with van der Waals surface area (Å²) in [7, 11) is -3.90. The van der Waals surface area contributed by atoms with Crippen LogP contribution in [0.5, 0.6) is 0 Å². The van der Waals surface area contributed by atoms with Crippen LogP contribution in [0.1, 0.15) is 25.8 Å². The number of benzene rings is 1. The second-order valence-corrected chi connectivity index (χ2v) is 7.05. The van der Waals surface area contributed by atoms with Crippen LogP contribution in [0.4, 0.5) is 5.69 Å². The number of hydrogen-bond acceptors (Lipinski definition) is 5. The number of rotatable bonds is 7. The number of hydrogen-bond donors (Lipinski definition) is 2. The second kappa shape index (κ2) is 6.97. The van der Waals surface area contributed by atoms with Gasteiger partial charge in [-0.25, -0.2) is 13.1 Å². The van der Waals surface area contributed by atoms with Gasteiger partial charge in [0, 0.05) is 17.7 Å². The van der Waals surface area contributed by atoms with E-state index in [1.165, 1.54) is 19.1 Å². The largest absolute Gasteiger partial charge is 0.395 e. The summed E-state index contributed by atoms with van der Waals surface area (Å²) in [6, 6.07) is 3.12. The molecule has 8 heteroatoms. The van der Waals surface area contributed by atoms with Crippen LogP contribution in [0.2, 0.25) is 0 Å². The van der Waals surface area contributed by atoms with Gasteiger partial charge in [0.25, 0.3) is 5.69 Å². The van der Waals surface area contributed by atoms with Gasteiger partial charge in [0.1, 0.15) is 0 Å². The molecule has 1 aromatic carbocycles. The van der Waals surface area contributed by atoms with Crippen LogP contribution in [-0.4, -0.2) is 31.1 Å². The molecular formula is C13H20N2O5S. The van der Waals surface area contributed by atoms with Gasteiger partial charge in [-0.2, -0.15) is 0 Å². The number of aryl methyl sites for hydroxylation is 1. The topological polar surface area (TPSA) is 110 Å². The Morgan fingerprint density at radius 1 is 1.38 bits per heavy atom. The first-order valence-electron chi connectivity index (χ1n) is 6.55. The minimum absolute atomic E-state index is 0.179. The van der Waals surface area contributed by atoms with Crippen LogP contribution in [0.25, 0.3) is 0 Å². The molecule has 0 aliphatic carbocycles. The summed E-state index contributed by atoms with van der Waals surface area (Å²) in [6.45, 7) is 5.03. The molecule has 0 radical (unpaired) electrons. The number of aliphatic hydroxyl groups is 1. The Balaban J connectivity index is 3.07. The maximum Gasteiger partial charge on any atom is 0.273 e. The van der Waals surface area contributed by atoms with E-state index in [0.717, 1.165) is 6.07 Å². The molecule has 0 aliphatic heterocycles. The van der Waals surface area contributed by atoms with E-state index in [1.54, 1.807) is 0 Å². The maximum absolute atomic E-state index is 12.2. The van der Waals surface area contributed by atoms with E-state index in [2.05, 4.69) is 4.72 Å². The molecule has 2 N–H and O–H groups in total. The number of sulfonamides is 1. The van der Waals surface area contributed by atoms with E-state index < -0.39 is 21.0 Å². The highest BCUT2D eigenvalue weighted by Gasteiger charge is 2.23. The van der Waals surface area contributed by atoms with Crippen LogP contribution < -0.4 is 4.72 Å². The smallest absolute Gasteiger partial charge is 0.273 e. The van der Waals surface area contributed by atoms with E-state index in [9.17, 15) is 23.6 Å². The highest BCUT2D eigenvalue weighted by molar-refractivity contribution is 7.89. The van der Waals surface area contributed by atoms with Gasteiger partial charge in [-0.3, -0.25) is 10.1 Å². The van der Waals surface area contributed by atoms with E-state index in [0.29, 0.717) is 12.0 Å². The molecule has 0 fully saturated rings. The van der Waals surface area contributed by atoms with Crippen molar-refractivity contribution in [3.63, 3.8) is 0 Å². The minimum Gasteiger partial charge on any atom is -0.395 e. The highest BCUT2D eigenvalue weighted by Crippen LogP contribution is 2.22.